The van der Waals surface area contributed by atoms with Crippen LogP contribution < -0.4 is 4.74 Å². The van der Waals surface area contributed by atoms with E-state index in [1.807, 2.05) is 0 Å². The van der Waals surface area contributed by atoms with Gasteiger partial charge in [-0.3, -0.25) is 0 Å². The second-order valence-corrected chi connectivity index (χ2v) is 3.72. The predicted molar refractivity (Wildman–Crippen MR) is 64.7 cm³/mol. The third kappa shape index (κ3) is 3.94. The molecular formula is C13H15FO5. The van der Waals surface area contributed by atoms with Crippen LogP contribution in [0.4, 0.5) is 4.39 Å². The summed E-state index contributed by atoms with van der Waals surface area (Å²) in [7, 11) is 0. The zero-order chi connectivity index (χ0) is 14.4. The molecule has 0 aromatic heterocycles. The summed E-state index contributed by atoms with van der Waals surface area (Å²) >= 11 is 0. The van der Waals surface area contributed by atoms with Gasteiger partial charge in [0.05, 0.1) is 12.2 Å². The second kappa shape index (κ2) is 6.72. The molecule has 1 N–H and O–H groups in total. The van der Waals surface area contributed by atoms with Crippen molar-refractivity contribution in [2.45, 2.75) is 26.4 Å². The molecule has 0 saturated heterocycles. The first-order valence-electron chi connectivity index (χ1n) is 5.85. The topological polar surface area (TPSA) is 72.8 Å². The highest BCUT2D eigenvalue weighted by Gasteiger charge is 2.21. The molecule has 19 heavy (non-hydrogen) atoms. The highest BCUT2D eigenvalue weighted by Crippen LogP contribution is 2.21. The van der Waals surface area contributed by atoms with Gasteiger partial charge in [0.1, 0.15) is 0 Å². The molecule has 1 unspecified atom stereocenters. The molecule has 1 rings (SSSR count). The maximum absolute atomic E-state index is 13.6. The third-order valence-corrected chi connectivity index (χ3v) is 2.37. The standard InChI is InChI=1S/C13H15FO5/c1-3-10(13(17)18-4-2)19-11-6-5-8(12(15)16)7-9(11)14/h5-7,10H,3-4H2,1-2H3,(H,15,16). The van der Waals surface area contributed by atoms with Gasteiger partial charge < -0.3 is 14.6 Å². The molecule has 0 amide bonds. The third-order valence-electron chi connectivity index (χ3n) is 2.37. The lowest BCUT2D eigenvalue weighted by Gasteiger charge is -2.16. The van der Waals surface area contributed by atoms with Crippen molar-refractivity contribution in [2.75, 3.05) is 6.61 Å². The van der Waals surface area contributed by atoms with Gasteiger partial charge in [-0.1, -0.05) is 6.92 Å². The fourth-order valence-electron chi connectivity index (χ4n) is 1.42. The Morgan fingerprint density at radius 3 is 2.53 bits per heavy atom. The number of esters is 1. The number of rotatable bonds is 6. The second-order valence-electron chi connectivity index (χ2n) is 3.72. The van der Waals surface area contributed by atoms with E-state index in [-0.39, 0.29) is 17.9 Å². The number of halogens is 1. The molecule has 104 valence electrons. The first-order valence-corrected chi connectivity index (χ1v) is 5.85. The Bertz CT molecular complexity index is 472. The van der Waals surface area contributed by atoms with Gasteiger partial charge in [-0.05, 0) is 31.5 Å². The van der Waals surface area contributed by atoms with Crippen molar-refractivity contribution in [3.05, 3.63) is 29.6 Å². The summed E-state index contributed by atoms with van der Waals surface area (Å²) in [6.45, 7) is 3.57. The Morgan fingerprint density at radius 2 is 2.05 bits per heavy atom. The molecule has 0 aliphatic heterocycles. The van der Waals surface area contributed by atoms with E-state index < -0.39 is 23.9 Å². The quantitative estimate of drug-likeness (QED) is 0.802. The van der Waals surface area contributed by atoms with Crippen molar-refractivity contribution < 1.29 is 28.6 Å². The van der Waals surface area contributed by atoms with Crippen LogP contribution in [0.5, 0.6) is 5.75 Å². The number of carbonyl (C=O) groups excluding carboxylic acids is 1. The first kappa shape index (κ1) is 14.9. The zero-order valence-corrected chi connectivity index (χ0v) is 10.7. The molecule has 0 fully saturated rings. The number of carboxylic acid groups (broad SMARTS) is 1. The van der Waals surface area contributed by atoms with Gasteiger partial charge in [-0.15, -0.1) is 0 Å². The number of hydrogen-bond acceptors (Lipinski definition) is 4. The van der Waals surface area contributed by atoms with Crippen molar-refractivity contribution in [3.8, 4) is 5.75 Å². The smallest absolute Gasteiger partial charge is 0.347 e. The summed E-state index contributed by atoms with van der Waals surface area (Å²) in [6.07, 6.45) is -0.594. The number of aromatic carboxylic acids is 1. The summed E-state index contributed by atoms with van der Waals surface area (Å²) in [5, 5.41) is 8.70. The molecule has 6 heteroatoms. The molecule has 0 saturated carbocycles. The fourth-order valence-corrected chi connectivity index (χ4v) is 1.42. The summed E-state index contributed by atoms with van der Waals surface area (Å²) in [4.78, 5) is 22.2. The van der Waals surface area contributed by atoms with Crippen LogP contribution in [0, 0.1) is 5.82 Å². The fraction of sp³-hybridized carbons (Fsp3) is 0.385. The summed E-state index contributed by atoms with van der Waals surface area (Å²) in [5.74, 6) is -2.82. The van der Waals surface area contributed by atoms with Crippen LogP contribution in [-0.4, -0.2) is 29.8 Å². The Kier molecular flexibility index (Phi) is 5.29. The van der Waals surface area contributed by atoms with Gasteiger partial charge >= 0.3 is 11.9 Å². The van der Waals surface area contributed by atoms with Gasteiger partial charge in [-0.2, -0.15) is 0 Å². The number of benzene rings is 1. The van der Waals surface area contributed by atoms with Crippen molar-refractivity contribution >= 4 is 11.9 Å². The Hall–Kier alpha value is -2.11. The minimum absolute atomic E-state index is 0.176. The summed E-state index contributed by atoms with van der Waals surface area (Å²) in [6, 6.07) is 3.23. The van der Waals surface area contributed by atoms with Crippen LogP contribution in [0.1, 0.15) is 30.6 Å². The normalized spacial score (nSPS) is 11.7. The average molecular weight is 270 g/mol. The number of carbonyl (C=O) groups is 2. The lowest BCUT2D eigenvalue weighted by Crippen LogP contribution is -2.29. The molecule has 0 aliphatic rings. The average Bonchev–Trinajstić information content (AvgIpc) is 2.37. The van der Waals surface area contributed by atoms with E-state index in [1.165, 1.54) is 12.1 Å². The van der Waals surface area contributed by atoms with Crippen LogP contribution in [0.25, 0.3) is 0 Å². The van der Waals surface area contributed by atoms with Gasteiger partial charge in [0.2, 0.25) is 0 Å². The minimum Gasteiger partial charge on any atom is -0.478 e. The lowest BCUT2D eigenvalue weighted by atomic mass is 10.2. The molecule has 0 radical (unpaired) electrons. The van der Waals surface area contributed by atoms with E-state index in [2.05, 4.69) is 0 Å². The maximum Gasteiger partial charge on any atom is 0.347 e. The Labute approximate surface area is 109 Å². The van der Waals surface area contributed by atoms with Gasteiger partial charge in [0.25, 0.3) is 0 Å². The highest BCUT2D eigenvalue weighted by molar-refractivity contribution is 5.87. The zero-order valence-electron chi connectivity index (χ0n) is 10.7. The Balaban J connectivity index is 2.86. The molecule has 0 bridgehead atoms. The van der Waals surface area contributed by atoms with E-state index in [1.54, 1.807) is 13.8 Å². The van der Waals surface area contributed by atoms with Gasteiger partial charge in [-0.25, -0.2) is 14.0 Å². The number of ether oxygens (including phenoxy) is 2. The van der Waals surface area contributed by atoms with Crippen LogP contribution in [0.15, 0.2) is 18.2 Å². The largest absolute Gasteiger partial charge is 0.478 e. The highest BCUT2D eigenvalue weighted by atomic mass is 19.1. The predicted octanol–water partition coefficient (Wildman–Crippen LogP) is 2.24. The van der Waals surface area contributed by atoms with Crippen LogP contribution in [-0.2, 0) is 9.53 Å². The van der Waals surface area contributed by atoms with E-state index >= 15 is 0 Å². The molecule has 0 spiro atoms. The van der Waals surface area contributed by atoms with Crippen molar-refractivity contribution in [1.29, 1.82) is 0 Å². The molecule has 1 aromatic rings. The van der Waals surface area contributed by atoms with E-state index in [4.69, 9.17) is 14.6 Å². The van der Waals surface area contributed by atoms with Crippen LogP contribution >= 0.6 is 0 Å². The van der Waals surface area contributed by atoms with E-state index in [0.717, 1.165) is 6.07 Å². The summed E-state index contributed by atoms with van der Waals surface area (Å²) in [5.41, 5.74) is -0.186. The Morgan fingerprint density at radius 1 is 1.37 bits per heavy atom. The van der Waals surface area contributed by atoms with Gasteiger partial charge in [0.15, 0.2) is 17.7 Å². The molecule has 1 atom stereocenters. The SMILES string of the molecule is CCOC(=O)C(CC)Oc1ccc(C(=O)O)cc1F. The molecule has 0 heterocycles. The van der Waals surface area contributed by atoms with Gasteiger partial charge in [0, 0.05) is 0 Å². The molecular weight excluding hydrogens is 255 g/mol. The first-order chi connectivity index (χ1) is 8.99. The minimum atomic E-state index is -1.23. The van der Waals surface area contributed by atoms with Crippen molar-refractivity contribution in [1.82, 2.24) is 0 Å². The van der Waals surface area contributed by atoms with Crippen LogP contribution in [0.2, 0.25) is 0 Å². The maximum atomic E-state index is 13.6. The van der Waals surface area contributed by atoms with Crippen LogP contribution in [0.3, 0.4) is 0 Å². The number of hydrogen-bond donors (Lipinski definition) is 1. The molecule has 5 nitrogen and oxygen atoms in total. The summed E-state index contributed by atoms with van der Waals surface area (Å²) < 4.78 is 23.6. The monoisotopic (exact) mass is 270 g/mol. The van der Waals surface area contributed by atoms with E-state index in [0.29, 0.717) is 6.42 Å². The van der Waals surface area contributed by atoms with Crippen molar-refractivity contribution in [3.63, 3.8) is 0 Å². The van der Waals surface area contributed by atoms with Crippen molar-refractivity contribution in [2.24, 2.45) is 0 Å². The molecule has 0 aliphatic carbocycles. The lowest BCUT2D eigenvalue weighted by molar-refractivity contribution is -0.151. The molecule has 1 aromatic carbocycles. The van der Waals surface area contributed by atoms with E-state index in [9.17, 15) is 14.0 Å². The number of carboxylic acids is 1.